The van der Waals surface area contributed by atoms with Crippen LogP contribution in [0.15, 0.2) is 41.4 Å². The number of benzene rings is 2. The van der Waals surface area contributed by atoms with Gasteiger partial charge in [-0.15, -0.1) is 0 Å². The minimum atomic E-state index is -0.420. The third kappa shape index (κ3) is 1.89. The number of hydrogen-bond acceptors (Lipinski definition) is 3. The van der Waals surface area contributed by atoms with Crippen molar-refractivity contribution in [1.29, 1.82) is 0 Å². The highest BCUT2D eigenvalue weighted by Crippen LogP contribution is 2.29. The summed E-state index contributed by atoms with van der Waals surface area (Å²) >= 11 is 0. The lowest BCUT2D eigenvalue weighted by atomic mass is 9.96. The number of amides is 1. The van der Waals surface area contributed by atoms with E-state index in [9.17, 15) is 14.9 Å². The minimum Gasteiger partial charge on any atom is -0.267 e. The summed E-state index contributed by atoms with van der Waals surface area (Å²) < 4.78 is 0. The van der Waals surface area contributed by atoms with E-state index >= 15 is 0 Å². The van der Waals surface area contributed by atoms with E-state index in [4.69, 9.17) is 0 Å². The van der Waals surface area contributed by atoms with Crippen LogP contribution in [0.2, 0.25) is 0 Å². The molecule has 1 aliphatic rings. The van der Waals surface area contributed by atoms with Crippen molar-refractivity contribution in [2.24, 2.45) is 4.99 Å². The number of aryl methyl sites for hydroxylation is 1. The van der Waals surface area contributed by atoms with Gasteiger partial charge in [0.15, 0.2) is 0 Å². The van der Waals surface area contributed by atoms with E-state index in [2.05, 4.69) is 4.99 Å². The Morgan fingerprint density at radius 1 is 1.10 bits per heavy atom. The van der Waals surface area contributed by atoms with Crippen molar-refractivity contribution in [3.8, 4) is 11.1 Å². The van der Waals surface area contributed by atoms with E-state index in [1.807, 2.05) is 19.1 Å². The number of aliphatic imine (C=N–C) groups is 1. The molecule has 5 nitrogen and oxygen atoms in total. The first-order chi connectivity index (χ1) is 9.56. The molecule has 0 N–H and O–H groups in total. The summed E-state index contributed by atoms with van der Waals surface area (Å²) in [6.07, 6.45) is 1.55. The van der Waals surface area contributed by atoms with E-state index in [1.165, 1.54) is 12.1 Å². The molecule has 1 aliphatic heterocycles. The van der Waals surface area contributed by atoms with Crippen LogP contribution < -0.4 is 0 Å². The molecule has 20 heavy (non-hydrogen) atoms. The number of nitrogens with zero attached hydrogens (tertiary/aromatic N) is 2. The monoisotopic (exact) mass is 266 g/mol. The molecule has 0 aromatic heterocycles. The standard InChI is InChI=1S/C15H10N2O3/c1-9-6-12(17(19)20)4-5-13(9)10-2-3-11-8-16-15(18)14(11)7-10/h2-8H,1H3. The van der Waals surface area contributed by atoms with Gasteiger partial charge in [-0.3, -0.25) is 14.9 Å². The van der Waals surface area contributed by atoms with Crippen molar-refractivity contribution in [3.05, 3.63) is 63.2 Å². The molecule has 0 saturated carbocycles. The zero-order valence-electron chi connectivity index (χ0n) is 10.7. The van der Waals surface area contributed by atoms with Gasteiger partial charge in [0.25, 0.3) is 11.6 Å². The molecule has 0 radical (unpaired) electrons. The lowest BCUT2D eigenvalue weighted by Gasteiger charge is -2.07. The molecule has 0 unspecified atom stereocenters. The number of hydrogen-bond donors (Lipinski definition) is 0. The summed E-state index contributed by atoms with van der Waals surface area (Å²) in [5.74, 6) is -0.249. The topological polar surface area (TPSA) is 72.6 Å². The molecule has 1 heterocycles. The fraction of sp³-hybridized carbons (Fsp3) is 0.0667. The maximum absolute atomic E-state index is 11.6. The van der Waals surface area contributed by atoms with Gasteiger partial charge >= 0.3 is 0 Å². The fourth-order valence-electron chi connectivity index (χ4n) is 2.30. The Bertz CT molecular complexity index is 779. The van der Waals surface area contributed by atoms with Crippen LogP contribution in [0.3, 0.4) is 0 Å². The van der Waals surface area contributed by atoms with Gasteiger partial charge in [0.1, 0.15) is 0 Å². The summed E-state index contributed by atoms with van der Waals surface area (Å²) in [7, 11) is 0. The van der Waals surface area contributed by atoms with Crippen LogP contribution in [0.5, 0.6) is 0 Å². The fourth-order valence-corrected chi connectivity index (χ4v) is 2.30. The molecule has 2 aromatic carbocycles. The number of carbonyl (C=O) groups is 1. The molecule has 0 fully saturated rings. The molecule has 0 saturated heterocycles. The van der Waals surface area contributed by atoms with Crippen LogP contribution in [0.25, 0.3) is 11.1 Å². The molecule has 2 aromatic rings. The molecule has 3 rings (SSSR count). The summed E-state index contributed by atoms with van der Waals surface area (Å²) in [5, 5.41) is 10.7. The lowest BCUT2D eigenvalue weighted by Crippen LogP contribution is -1.94. The van der Waals surface area contributed by atoms with Gasteiger partial charge in [-0.2, -0.15) is 0 Å². The first-order valence-electron chi connectivity index (χ1n) is 6.04. The zero-order valence-corrected chi connectivity index (χ0v) is 10.7. The second kappa shape index (κ2) is 4.38. The molecule has 0 atom stereocenters. The number of fused-ring (bicyclic) bond motifs is 1. The highest BCUT2D eigenvalue weighted by Gasteiger charge is 2.17. The van der Waals surface area contributed by atoms with Crippen molar-refractivity contribution in [2.45, 2.75) is 6.92 Å². The maximum Gasteiger partial charge on any atom is 0.277 e. The predicted octanol–water partition coefficient (Wildman–Crippen LogP) is 3.14. The predicted molar refractivity (Wildman–Crippen MR) is 75.2 cm³/mol. The molecular formula is C15H10N2O3. The maximum atomic E-state index is 11.6. The average Bonchev–Trinajstić information content (AvgIpc) is 2.80. The van der Waals surface area contributed by atoms with Crippen molar-refractivity contribution in [1.82, 2.24) is 0 Å². The largest absolute Gasteiger partial charge is 0.277 e. The van der Waals surface area contributed by atoms with E-state index in [-0.39, 0.29) is 11.6 Å². The Labute approximate surface area is 114 Å². The van der Waals surface area contributed by atoms with Crippen LogP contribution >= 0.6 is 0 Å². The minimum absolute atomic E-state index is 0.0619. The van der Waals surface area contributed by atoms with Crippen molar-refractivity contribution < 1.29 is 9.72 Å². The van der Waals surface area contributed by atoms with Gasteiger partial charge in [-0.25, -0.2) is 4.99 Å². The first kappa shape index (κ1) is 12.2. The Morgan fingerprint density at radius 3 is 2.60 bits per heavy atom. The Morgan fingerprint density at radius 2 is 1.90 bits per heavy atom. The quantitative estimate of drug-likeness (QED) is 0.619. The van der Waals surface area contributed by atoms with Gasteiger partial charge in [0.05, 0.1) is 10.5 Å². The lowest BCUT2D eigenvalue weighted by molar-refractivity contribution is -0.384. The first-order valence-corrected chi connectivity index (χ1v) is 6.04. The molecular weight excluding hydrogens is 256 g/mol. The van der Waals surface area contributed by atoms with Crippen LogP contribution in [0, 0.1) is 17.0 Å². The number of nitro benzene ring substituents is 1. The zero-order chi connectivity index (χ0) is 14.3. The van der Waals surface area contributed by atoms with E-state index in [1.54, 1.807) is 18.3 Å². The van der Waals surface area contributed by atoms with E-state index in [0.717, 1.165) is 22.3 Å². The second-order valence-corrected chi connectivity index (χ2v) is 4.62. The second-order valence-electron chi connectivity index (χ2n) is 4.62. The van der Waals surface area contributed by atoms with Crippen molar-refractivity contribution in [3.63, 3.8) is 0 Å². The molecule has 0 aliphatic carbocycles. The molecule has 98 valence electrons. The molecule has 1 amide bonds. The normalized spacial score (nSPS) is 12.6. The summed E-state index contributed by atoms with van der Waals surface area (Å²) in [6, 6.07) is 10.2. The third-order valence-corrected chi connectivity index (χ3v) is 3.34. The molecule has 0 spiro atoms. The SMILES string of the molecule is Cc1cc([N+](=O)[O-])ccc1-c1ccc2c(c1)C(=O)N=C2. The number of nitro groups is 1. The Hall–Kier alpha value is -2.82. The van der Waals surface area contributed by atoms with Gasteiger partial charge in [-0.1, -0.05) is 12.1 Å². The van der Waals surface area contributed by atoms with Gasteiger partial charge in [0, 0.05) is 23.9 Å². The average molecular weight is 266 g/mol. The smallest absolute Gasteiger partial charge is 0.267 e. The van der Waals surface area contributed by atoms with Gasteiger partial charge in [-0.05, 0) is 35.7 Å². The number of carbonyl (C=O) groups excluding carboxylic acids is 1. The Kier molecular flexibility index (Phi) is 2.68. The summed E-state index contributed by atoms with van der Waals surface area (Å²) in [5.41, 5.74) is 3.96. The number of non-ortho nitro benzene ring substituents is 1. The van der Waals surface area contributed by atoms with Gasteiger partial charge in [0.2, 0.25) is 0 Å². The van der Waals surface area contributed by atoms with E-state index in [0.29, 0.717) is 5.56 Å². The van der Waals surface area contributed by atoms with Crippen molar-refractivity contribution >= 4 is 17.8 Å². The van der Waals surface area contributed by atoms with Crippen molar-refractivity contribution in [2.75, 3.05) is 0 Å². The highest BCUT2D eigenvalue weighted by atomic mass is 16.6. The summed E-state index contributed by atoms with van der Waals surface area (Å²) in [4.78, 5) is 25.7. The van der Waals surface area contributed by atoms with Gasteiger partial charge < -0.3 is 0 Å². The summed E-state index contributed by atoms with van der Waals surface area (Å²) in [6.45, 7) is 1.81. The van der Waals surface area contributed by atoms with Crippen LogP contribution in [0.4, 0.5) is 5.69 Å². The van der Waals surface area contributed by atoms with Crippen LogP contribution in [-0.2, 0) is 0 Å². The van der Waals surface area contributed by atoms with Crippen LogP contribution in [0.1, 0.15) is 21.5 Å². The number of rotatable bonds is 2. The van der Waals surface area contributed by atoms with Crippen LogP contribution in [-0.4, -0.2) is 17.0 Å². The third-order valence-electron chi connectivity index (χ3n) is 3.34. The highest BCUT2D eigenvalue weighted by molar-refractivity contribution is 6.13. The van der Waals surface area contributed by atoms with E-state index < -0.39 is 4.92 Å². The molecule has 5 heteroatoms. The Balaban J connectivity index is 2.09. The molecule has 0 bridgehead atoms.